The first-order valence-corrected chi connectivity index (χ1v) is 7.56. The Labute approximate surface area is 102 Å². The van der Waals surface area contributed by atoms with E-state index in [-0.39, 0.29) is 5.75 Å². The molecule has 1 aromatic rings. The van der Waals surface area contributed by atoms with Crippen molar-refractivity contribution in [3.8, 4) is 5.75 Å². The van der Waals surface area contributed by atoms with Crippen LogP contribution in [0.4, 0.5) is 0 Å². The third kappa shape index (κ3) is 2.98. The van der Waals surface area contributed by atoms with Crippen molar-refractivity contribution in [1.82, 2.24) is 4.31 Å². The maximum Gasteiger partial charge on any atom is 0.211 e. The predicted octanol–water partition coefficient (Wildman–Crippen LogP) is 1.53. The van der Waals surface area contributed by atoms with Crippen molar-refractivity contribution in [2.24, 2.45) is 0 Å². The van der Waals surface area contributed by atoms with E-state index in [1.165, 1.54) is 16.1 Å². The lowest BCUT2D eigenvalue weighted by molar-refractivity contribution is 0.321. The fourth-order valence-electron chi connectivity index (χ4n) is 2.27. The summed E-state index contributed by atoms with van der Waals surface area (Å²) in [5.74, 6) is 0.663. The highest BCUT2D eigenvalue weighted by atomic mass is 32.2. The molecule has 1 aromatic carbocycles. The number of benzene rings is 1. The summed E-state index contributed by atoms with van der Waals surface area (Å²) in [5.41, 5.74) is 1.18. The minimum atomic E-state index is -3.04. The van der Waals surface area contributed by atoms with E-state index in [4.69, 9.17) is 0 Å². The Kier molecular flexibility index (Phi) is 3.40. The second-order valence-corrected chi connectivity index (χ2v) is 6.51. The van der Waals surface area contributed by atoms with Gasteiger partial charge in [-0.15, -0.1) is 0 Å². The van der Waals surface area contributed by atoms with Crippen LogP contribution in [0.2, 0.25) is 0 Å². The monoisotopic (exact) mass is 255 g/mol. The first-order valence-electron chi connectivity index (χ1n) is 5.71. The molecule has 0 bridgehead atoms. The molecule has 4 nitrogen and oxygen atoms in total. The van der Waals surface area contributed by atoms with E-state index in [0.717, 1.165) is 12.8 Å². The summed E-state index contributed by atoms with van der Waals surface area (Å²) < 4.78 is 24.3. The van der Waals surface area contributed by atoms with Gasteiger partial charge in [0.2, 0.25) is 10.0 Å². The average molecular weight is 255 g/mol. The van der Waals surface area contributed by atoms with E-state index >= 15 is 0 Å². The third-order valence-corrected chi connectivity index (χ3v) is 4.59. The van der Waals surface area contributed by atoms with Crippen molar-refractivity contribution in [3.63, 3.8) is 0 Å². The van der Waals surface area contributed by atoms with Gasteiger partial charge in [-0.05, 0) is 36.5 Å². The summed E-state index contributed by atoms with van der Waals surface area (Å²) in [7, 11) is -3.04. The minimum absolute atomic E-state index is 0.266. The number of sulfonamides is 1. The van der Waals surface area contributed by atoms with Gasteiger partial charge < -0.3 is 5.11 Å². The van der Waals surface area contributed by atoms with E-state index < -0.39 is 10.0 Å². The lowest BCUT2D eigenvalue weighted by Crippen LogP contribution is -2.37. The molecule has 0 unspecified atom stereocenters. The van der Waals surface area contributed by atoms with Crippen LogP contribution in [-0.4, -0.2) is 37.2 Å². The summed E-state index contributed by atoms with van der Waals surface area (Å²) in [4.78, 5) is 0. The van der Waals surface area contributed by atoms with Gasteiger partial charge in [0, 0.05) is 13.1 Å². The second kappa shape index (κ2) is 4.66. The van der Waals surface area contributed by atoms with Crippen molar-refractivity contribution in [2.75, 3.05) is 19.3 Å². The minimum Gasteiger partial charge on any atom is -0.508 e. The van der Waals surface area contributed by atoms with Gasteiger partial charge in [0.1, 0.15) is 5.75 Å². The van der Waals surface area contributed by atoms with Crippen LogP contribution in [0.5, 0.6) is 5.75 Å². The molecule has 0 amide bonds. The van der Waals surface area contributed by atoms with Crippen LogP contribution in [0, 0.1) is 0 Å². The van der Waals surface area contributed by atoms with E-state index in [1.807, 2.05) is 12.1 Å². The van der Waals surface area contributed by atoms with Crippen LogP contribution >= 0.6 is 0 Å². The topological polar surface area (TPSA) is 57.6 Å². The van der Waals surface area contributed by atoms with Crippen molar-refractivity contribution in [2.45, 2.75) is 18.8 Å². The zero-order valence-electron chi connectivity index (χ0n) is 9.83. The molecule has 1 aliphatic rings. The lowest BCUT2D eigenvalue weighted by Gasteiger charge is -2.30. The SMILES string of the molecule is CS(=O)(=O)N1CCC(c2ccc(O)cc2)CC1. The molecule has 0 saturated carbocycles. The van der Waals surface area contributed by atoms with Crippen LogP contribution in [0.25, 0.3) is 0 Å². The van der Waals surface area contributed by atoms with Crippen molar-refractivity contribution >= 4 is 10.0 Å². The second-order valence-electron chi connectivity index (χ2n) is 4.53. The van der Waals surface area contributed by atoms with Crippen molar-refractivity contribution in [3.05, 3.63) is 29.8 Å². The fourth-order valence-corrected chi connectivity index (χ4v) is 3.14. The van der Waals surface area contributed by atoms with E-state index in [0.29, 0.717) is 19.0 Å². The molecular formula is C12H17NO3S. The molecule has 17 heavy (non-hydrogen) atoms. The molecular weight excluding hydrogens is 238 g/mol. The summed E-state index contributed by atoms with van der Waals surface area (Å²) in [6.45, 7) is 1.18. The largest absolute Gasteiger partial charge is 0.508 e. The van der Waals surface area contributed by atoms with Crippen molar-refractivity contribution < 1.29 is 13.5 Å². The van der Waals surface area contributed by atoms with Crippen LogP contribution in [-0.2, 0) is 10.0 Å². The predicted molar refractivity (Wildman–Crippen MR) is 66.5 cm³/mol. The Morgan fingerprint density at radius 1 is 1.18 bits per heavy atom. The Bertz CT molecular complexity index is 473. The molecule has 0 aliphatic carbocycles. The number of hydrogen-bond acceptors (Lipinski definition) is 3. The fraction of sp³-hybridized carbons (Fsp3) is 0.500. The van der Waals surface area contributed by atoms with Gasteiger partial charge in [-0.3, -0.25) is 0 Å². The molecule has 1 heterocycles. The molecule has 0 aromatic heterocycles. The Morgan fingerprint density at radius 3 is 2.18 bits per heavy atom. The first-order chi connectivity index (χ1) is 7.97. The summed E-state index contributed by atoms with van der Waals surface area (Å²) in [5, 5.41) is 9.22. The van der Waals surface area contributed by atoms with Crippen LogP contribution < -0.4 is 0 Å². The summed E-state index contributed by atoms with van der Waals surface area (Å²) in [6.07, 6.45) is 2.95. The standard InChI is InChI=1S/C12H17NO3S/c1-17(15,16)13-8-6-11(7-9-13)10-2-4-12(14)5-3-10/h2-5,11,14H,6-9H2,1H3. The Balaban J connectivity index is 2.02. The Morgan fingerprint density at radius 2 is 1.71 bits per heavy atom. The van der Waals surface area contributed by atoms with Gasteiger partial charge in [0.15, 0.2) is 0 Å². The van der Waals surface area contributed by atoms with Gasteiger partial charge in [-0.2, -0.15) is 0 Å². The normalized spacial score (nSPS) is 19.4. The molecule has 1 fully saturated rings. The van der Waals surface area contributed by atoms with Gasteiger partial charge >= 0.3 is 0 Å². The molecule has 1 saturated heterocycles. The third-order valence-electron chi connectivity index (χ3n) is 3.29. The molecule has 94 valence electrons. The van der Waals surface area contributed by atoms with Crippen LogP contribution in [0.3, 0.4) is 0 Å². The summed E-state index contributed by atoms with van der Waals surface area (Å²) in [6, 6.07) is 7.18. The van der Waals surface area contributed by atoms with E-state index in [2.05, 4.69) is 0 Å². The maximum atomic E-state index is 11.4. The number of piperidine rings is 1. The van der Waals surface area contributed by atoms with Crippen LogP contribution in [0.1, 0.15) is 24.3 Å². The number of phenolic OH excluding ortho intramolecular Hbond substituents is 1. The first kappa shape index (κ1) is 12.4. The number of hydrogen-bond donors (Lipinski definition) is 1. The number of rotatable bonds is 2. The molecule has 0 spiro atoms. The van der Waals surface area contributed by atoms with Gasteiger partial charge in [-0.25, -0.2) is 12.7 Å². The Hall–Kier alpha value is -1.07. The lowest BCUT2D eigenvalue weighted by atomic mass is 9.90. The highest BCUT2D eigenvalue weighted by molar-refractivity contribution is 7.88. The van der Waals surface area contributed by atoms with E-state index in [1.54, 1.807) is 12.1 Å². The van der Waals surface area contributed by atoms with Gasteiger partial charge in [-0.1, -0.05) is 12.1 Å². The zero-order chi connectivity index (χ0) is 12.5. The number of aromatic hydroxyl groups is 1. The highest BCUT2D eigenvalue weighted by Crippen LogP contribution is 2.29. The van der Waals surface area contributed by atoms with Crippen molar-refractivity contribution in [1.29, 1.82) is 0 Å². The molecule has 2 rings (SSSR count). The molecule has 5 heteroatoms. The van der Waals surface area contributed by atoms with Gasteiger partial charge in [0.25, 0.3) is 0 Å². The maximum absolute atomic E-state index is 11.4. The molecule has 0 radical (unpaired) electrons. The van der Waals surface area contributed by atoms with E-state index in [9.17, 15) is 13.5 Å². The molecule has 1 aliphatic heterocycles. The highest BCUT2D eigenvalue weighted by Gasteiger charge is 2.25. The van der Waals surface area contributed by atoms with Crippen LogP contribution in [0.15, 0.2) is 24.3 Å². The number of nitrogens with zero attached hydrogens (tertiary/aromatic N) is 1. The number of phenols is 1. The average Bonchev–Trinajstić information content (AvgIpc) is 2.29. The smallest absolute Gasteiger partial charge is 0.211 e. The zero-order valence-corrected chi connectivity index (χ0v) is 10.7. The molecule has 1 N–H and O–H groups in total. The summed E-state index contributed by atoms with van der Waals surface area (Å²) >= 11 is 0. The van der Waals surface area contributed by atoms with Gasteiger partial charge in [0.05, 0.1) is 6.26 Å². The quantitative estimate of drug-likeness (QED) is 0.872. The molecule has 0 atom stereocenters.